The van der Waals surface area contributed by atoms with Gasteiger partial charge >= 0.3 is 5.97 Å². The number of carbonyl (C=O) groups excluding carboxylic acids is 3. The van der Waals surface area contributed by atoms with Crippen molar-refractivity contribution < 1.29 is 29.4 Å². The van der Waals surface area contributed by atoms with Gasteiger partial charge in [0, 0.05) is 11.5 Å². The average molecular weight is 425 g/mol. The molecule has 0 aromatic rings. The van der Waals surface area contributed by atoms with Crippen molar-refractivity contribution in [3.63, 3.8) is 0 Å². The molecule has 12 heteroatoms. The van der Waals surface area contributed by atoms with Gasteiger partial charge in [0.25, 0.3) is 0 Å². The van der Waals surface area contributed by atoms with E-state index < -0.39 is 54.5 Å². The van der Waals surface area contributed by atoms with Crippen molar-refractivity contribution in [3.05, 3.63) is 0 Å². The molecule has 7 N–H and O–H groups in total. The first-order chi connectivity index (χ1) is 12.6. The van der Waals surface area contributed by atoms with E-state index in [-0.39, 0.29) is 17.4 Å². The fraction of sp³-hybridized carbons (Fsp3) is 0.733. The lowest BCUT2D eigenvalue weighted by atomic mass is 10.0. The van der Waals surface area contributed by atoms with E-state index >= 15 is 0 Å². The summed E-state index contributed by atoms with van der Waals surface area (Å²) in [5.41, 5.74) is 5.77. The predicted octanol–water partition coefficient (Wildman–Crippen LogP) is -2.25. The molecule has 0 radical (unpaired) electrons. The van der Waals surface area contributed by atoms with Crippen LogP contribution in [0.4, 0.5) is 0 Å². The van der Waals surface area contributed by atoms with Crippen LogP contribution >= 0.6 is 25.3 Å². The van der Waals surface area contributed by atoms with Crippen LogP contribution in [-0.2, 0) is 19.2 Å². The topological polar surface area (TPSA) is 171 Å². The van der Waals surface area contributed by atoms with E-state index in [4.69, 9.17) is 15.9 Å². The van der Waals surface area contributed by atoms with Crippen LogP contribution in [0.5, 0.6) is 0 Å². The third-order valence-electron chi connectivity index (χ3n) is 3.49. The molecule has 0 aliphatic carbocycles. The standard InChI is InChI=1S/C15H28N4O6S2/c1-7(2)3-8(16)12(21)18-10(5-26)14(23)19-11(6-27)13(22)17-9(4-20)15(24)25/h7-11,20,26-27H,3-6,16H2,1-2H3,(H,17,22)(H,18,21)(H,19,23)(H,24,25). The number of amides is 3. The maximum absolute atomic E-state index is 12.3. The molecule has 0 saturated carbocycles. The lowest BCUT2D eigenvalue weighted by Crippen LogP contribution is -2.58. The molecule has 10 nitrogen and oxygen atoms in total. The van der Waals surface area contributed by atoms with Crippen LogP contribution in [0.3, 0.4) is 0 Å². The van der Waals surface area contributed by atoms with Crippen LogP contribution in [0.1, 0.15) is 20.3 Å². The number of thiol groups is 2. The number of carboxylic acid groups (broad SMARTS) is 1. The molecule has 3 amide bonds. The Hall–Kier alpha value is -1.50. The molecule has 0 aromatic carbocycles. The molecule has 156 valence electrons. The zero-order valence-electron chi connectivity index (χ0n) is 15.2. The highest BCUT2D eigenvalue weighted by Crippen LogP contribution is 2.03. The van der Waals surface area contributed by atoms with Crippen molar-refractivity contribution in [2.75, 3.05) is 18.1 Å². The highest BCUT2D eigenvalue weighted by Gasteiger charge is 2.29. The Balaban J connectivity index is 4.88. The summed E-state index contributed by atoms with van der Waals surface area (Å²) in [4.78, 5) is 47.3. The monoisotopic (exact) mass is 424 g/mol. The van der Waals surface area contributed by atoms with Crippen molar-refractivity contribution in [1.29, 1.82) is 0 Å². The second-order valence-corrected chi connectivity index (χ2v) is 7.04. The Morgan fingerprint density at radius 3 is 1.63 bits per heavy atom. The molecule has 0 aliphatic heterocycles. The molecule has 0 aromatic heterocycles. The van der Waals surface area contributed by atoms with Crippen molar-refractivity contribution >= 4 is 48.9 Å². The third kappa shape index (κ3) is 9.31. The summed E-state index contributed by atoms with van der Waals surface area (Å²) in [6.45, 7) is 3.00. The van der Waals surface area contributed by atoms with Crippen LogP contribution in [0, 0.1) is 5.92 Å². The van der Waals surface area contributed by atoms with E-state index in [2.05, 4.69) is 41.2 Å². The normalized spacial score (nSPS) is 15.4. The van der Waals surface area contributed by atoms with E-state index in [1.807, 2.05) is 13.8 Å². The van der Waals surface area contributed by atoms with E-state index in [1.54, 1.807) is 0 Å². The zero-order chi connectivity index (χ0) is 21.1. The van der Waals surface area contributed by atoms with Crippen molar-refractivity contribution in [2.24, 2.45) is 11.7 Å². The molecule has 0 spiro atoms. The Bertz CT molecular complexity index is 534. The first-order valence-electron chi connectivity index (χ1n) is 8.29. The summed E-state index contributed by atoms with van der Waals surface area (Å²) in [6.07, 6.45) is 0.437. The van der Waals surface area contributed by atoms with Crippen LogP contribution in [-0.4, -0.2) is 76.2 Å². The van der Waals surface area contributed by atoms with Crippen molar-refractivity contribution in [2.45, 2.75) is 44.4 Å². The van der Waals surface area contributed by atoms with Gasteiger partial charge in [-0.2, -0.15) is 25.3 Å². The van der Waals surface area contributed by atoms with Gasteiger partial charge in [-0.3, -0.25) is 14.4 Å². The number of nitrogens with two attached hydrogens (primary N) is 1. The Morgan fingerprint density at radius 2 is 1.30 bits per heavy atom. The number of hydrogen-bond acceptors (Lipinski definition) is 8. The summed E-state index contributed by atoms with van der Waals surface area (Å²) in [5, 5.41) is 24.7. The molecule has 27 heavy (non-hydrogen) atoms. The Kier molecular flexibility index (Phi) is 12.1. The van der Waals surface area contributed by atoms with Gasteiger partial charge in [0.1, 0.15) is 18.1 Å². The number of aliphatic carboxylic acids is 1. The van der Waals surface area contributed by atoms with E-state index in [0.717, 1.165) is 0 Å². The van der Waals surface area contributed by atoms with Gasteiger partial charge in [-0.05, 0) is 12.3 Å². The maximum Gasteiger partial charge on any atom is 0.328 e. The molecule has 0 rings (SSSR count). The minimum Gasteiger partial charge on any atom is -0.480 e. The van der Waals surface area contributed by atoms with Crippen LogP contribution in [0.2, 0.25) is 0 Å². The van der Waals surface area contributed by atoms with E-state index in [0.29, 0.717) is 6.42 Å². The van der Waals surface area contributed by atoms with Gasteiger partial charge in [0.15, 0.2) is 0 Å². The quantitative estimate of drug-likeness (QED) is 0.164. The van der Waals surface area contributed by atoms with E-state index in [1.165, 1.54) is 0 Å². The number of aliphatic hydroxyl groups is 1. The van der Waals surface area contributed by atoms with Crippen molar-refractivity contribution in [3.8, 4) is 0 Å². The Morgan fingerprint density at radius 1 is 0.889 bits per heavy atom. The minimum atomic E-state index is -1.51. The molecule has 0 saturated heterocycles. The molecule has 0 fully saturated rings. The summed E-state index contributed by atoms with van der Waals surface area (Å²) >= 11 is 7.98. The van der Waals surface area contributed by atoms with Gasteiger partial charge in [-0.15, -0.1) is 0 Å². The SMILES string of the molecule is CC(C)CC(N)C(=O)NC(CS)C(=O)NC(CS)C(=O)NC(CO)C(=O)O. The van der Waals surface area contributed by atoms with Gasteiger partial charge in [0.05, 0.1) is 12.6 Å². The molecule has 0 bridgehead atoms. The van der Waals surface area contributed by atoms with Gasteiger partial charge in [0.2, 0.25) is 17.7 Å². The average Bonchev–Trinajstić information content (AvgIpc) is 2.60. The second kappa shape index (κ2) is 12.8. The van der Waals surface area contributed by atoms with Crippen LogP contribution < -0.4 is 21.7 Å². The molecule has 0 heterocycles. The first kappa shape index (κ1) is 25.5. The van der Waals surface area contributed by atoms with Crippen LogP contribution in [0.25, 0.3) is 0 Å². The lowest BCUT2D eigenvalue weighted by Gasteiger charge is -2.23. The first-order valence-corrected chi connectivity index (χ1v) is 9.55. The number of hydrogen-bond donors (Lipinski definition) is 8. The zero-order valence-corrected chi connectivity index (χ0v) is 17.0. The van der Waals surface area contributed by atoms with Gasteiger partial charge in [-0.25, -0.2) is 4.79 Å². The molecule has 0 aliphatic rings. The smallest absolute Gasteiger partial charge is 0.328 e. The number of aliphatic hydroxyl groups excluding tert-OH is 1. The summed E-state index contributed by atoms with van der Waals surface area (Å²) in [7, 11) is 0. The van der Waals surface area contributed by atoms with Gasteiger partial charge < -0.3 is 31.9 Å². The molecule has 4 atom stereocenters. The maximum atomic E-state index is 12.3. The van der Waals surface area contributed by atoms with Gasteiger partial charge in [-0.1, -0.05) is 13.8 Å². The number of rotatable bonds is 12. The highest BCUT2D eigenvalue weighted by atomic mass is 32.1. The minimum absolute atomic E-state index is 0.0404. The lowest BCUT2D eigenvalue weighted by molar-refractivity contribution is -0.143. The summed E-state index contributed by atoms with van der Waals surface area (Å²) < 4.78 is 0. The molecule has 4 unspecified atom stereocenters. The molecular formula is C15H28N4O6S2. The largest absolute Gasteiger partial charge is 0.480 e. The van der Waals surface area contributed by atoms with Crippen molar-refractivity contribution in [1.82, 2.24) is 16.0 Å². The molecular weight excluding hydrogens is 396 g/mol. The third-order valence-corrected chi connectivity index (χ3v) is 4.22. The predicted molar refractivity (Wildman–Crippen MR) is 106 cm³/mol. The number of carboxylic acids is 1. The number of nitrogens with one attached hydrogen (secondary N) is 3. The van der Waals surface area contributed by atoms with E-state index in [9.17, 15) is 19.2 Å². The second-order valence-electron chi connectivity index (χ2n) is 6.31. The number of carbonyl (C=O) groups is 4. The summed E-state index contributed by atoms with van der Waals surface area (Å²) in [5.74, 6) is -3.44. The Labute approximate surface area is 168 Å². The fourth-order valence-electron chi connectivity index (χ4n) is 2.01. The fourth-order valence-corrected chi connectivity index (χ4v) is 2.53. The summed E-state index contributed by atoms with van der Waals surface area (Å²) in [6, 6.07) is -4.50. The van der Waals surface area contributed by atoms with Crippen LogP contribution in [0.15, 0.2) is 0 Å². The highest BCUT2D eigenvalue weighted by molar-refractivity contribution is 7.80.